The molecule has 2 N–H and O–H groups in total. The summed E-state index contributed by atoms with van der Waals surface area (Å²) in [5.74, 6) is 0.00255. The Kier molecular flexibility index (Phi) is 3.52. The molecule has 0 radical (unpaired) electrons. The molecular weight excluding hydrogens is 248 g/mol. The first-order chi connectivity index (χ1) is 9.74. The topological polar surface area (TPSA) is 41.1 Å². The average molecular weight is 266 g/mol. The van der Waals surface area contributed by atoms with Gasteiger partial charge in [0.2, 0.25) is 5.91 Å². The van der Waals surface area contributed by atoms with E-state index in [1.807, 2.05) is 49.4 Å². The molecule has 1 heterocycles. The Morgan fingerprint density at radius 3 is 2.90 bits per heavy atom. The van der Waals surface area contributed by atoms with Crippen molar-refractivity contribution >= 4 is 11.6 Å². The Labute approximate surface area is 119 Å². The molecule has 0 saturated carbocycles. The van der Waals surface area contributed by atoms with Crippen LogP contribution in [0.15, 0.2) is 48.5 Å². The van der Waals surface area contributed by atoms with E-state index in [1.54, 1.807) is 0 Å². The predicted octanol–water partition coefficient (Wildman–Crippen LogP) is 2.82. The maximum Gasteiger partial charge on any atom is 0.246 e. The van der Waals surface area contributed by atoms with Crippen LogP contribution in [0.3, 0.4) is 0 Å². The van der Waals surface area contributed by atoms with E-state index < -0.39 is 0 Å². The minimum absolute atomic E-state index is 0.00255. The van der Waals surface area contributed by atoms with Gasteiger partial charge in [0.1, 0.15) is 6.04 Å². The molecule has 0 saturated heterocycles. The van der Waals surface area contributed by atoms with Crippen LogP contribution in [-0.4, -0.2) is 12.5 Å². The van der Waals surface area contributed by atoms with Crippen LogP contribution in [0, 0.1) is 6.92 Å². The van der Waals surface area contributed by atoms with E-state index in [2.05, 4.69) is 16.7 Å². The van der Waals surface area contributed by atoms with Crippen molar-refractivity contribution in [3.8, 4) is 0 Å². The molecule has 1 aliphatic rings. The second-order valence-corrected chi connectivity index (χ2v) is 5.19. The number of nitrogens with one attached hydrogen (secondary N) is 2. The molecule has 1 unspecified atom stereocenters. The van der Waals surface area contributed by atoms with Gasteiger partial charge in [0.05, 0.1) is 0 Å². The zero-order valence-corrected chi connectivity index (χ0v) is 11.5. The number of rotatable bonds is 2. The lowest BCUT2D eigenvalue weighted by molar-refractivity contribution is -0.118. The normalized spacial score (nSPS) is 17.4. The minimum Gasteiger partial charge on any atom is -0.324 e. The molecule has 0 spiro atoms. The van der Waals surface area contributed by atoms with Crippen molar-refractivity contribution in [2.75, 3.05) is 11.9 Å². The van der Waals surface area contributed by atoms with E-state index in [9.17, 15) is 4.79 Å². The number of amides is 1. The number of benzene rings is 2. The van der Waals surface area contributed by atoms with Crippen molar-refractivity contribution in [3.05, 3.63) is 65.2 Å². The lowest BCUT2D eigenvalue weighted by Crippen LogP contribution is -2.38. The minimum atomic E-state index is -0.263. The maximum absolute atomic E-state index is 12.5. The molecule has 3 rings (SSSR count). The summed E-state index contributed by atoms with van der Waals surface area (Å²) >= 11 is 0. The molecule has 102 valence electrons. The summed E-state index contributed by atoms with van der Waals surface area (Å²) < 4.78 is 0. The van der Waals surface area contributed by atoms with Crippen molar-refractivity contribution in [1.82, 2.24) is 5.32 Å². The lowest BCUT2D eigenvalue weighted by atomic mass is 9.94. The Morgan fingerprint density at radius 1 is 1.20 bits per heavy atom. The number of anilines is 1. The first-order valence-corrected chi connectivity index (χ1v) is 6.93. The smallest absolute Gasteiger partial charge is 0.246 e. The largest absolute Gasteiger partial charge is 0.324 e. The van der Waals surface area contributed by atoms with Gasteiger partial charge in [-0.2, -0.15) is 0 Å². The summed E-state index contributed by atoms with van der Waals surface area (Å²) in [6, 6.07) is 15.7. The Balaban J connectivity index is 1.82. The van der Waals surface area contributed by atoms with E-state index in [0.29, 0.717) is 0 Å². The van der Waals surface area contributed by atoms with Gasteiger partial charge in [-0.1, -0.05) is 36.4 Å². The molecule has 20 heavy (non-hydrogen) atoms. The second-order valence-electron chi connectivity index (χ2n) is 5.19. The Hall–Kier alpha value is -2.13. The molecule has 1 aliphatic heterocycles. The van der Waals surface area contributed by atoms with Crippen LogP contribution in [-0.2, 0) is 11.2 Å². The monoisotopic (exact) mass is 266 g/mol. The highest BCUT2D eigenvalue weighted by Gasteiger charge is 2.25. The molecule has 1 amide bonds. The molecule has 2 aromatic rings. The van der Waals surface area contributed by atoms with Gasteiger partial charge in [0.25, 0.3) is 0 Å². The van der Waals surface area contributed by atoms with Crippen LogP contribution < -0.4 is 10.6 Å². The predicted molar refractivity (Wildman–Crippen MR) is 80.7 cm³/mol. The van der Waals surface area contributed by atoms with Crippen LogP contribution in [0.2, 0.25) is 0 Å². The standard InChI is InChI=1S/C17H18N2O/c1-12-5-4-7-14(11-12)19-17(20)16-15-8-3-2-6-13(15)9-10-18-16/h2-8,11,16,18H,9-10H2,1H3,(H,19,20). The maximum atomic E-state index is 12.5. The summed E-state index contributed by atoms with van der Waals surface area (Å²) in [6.45, 7) is 2.85. The molecule has 1 atom stereocenters. The van der Waals surface area contributed by atoms with E-state index in [1.165, 1.54) is 5.56 Å². The van der Waals surface area contributed by atoms with Crippen molar-refractivity contribution in [3.63, 3.8) is 0 Å². The second kappa shape index (κ2) is 5.47. The molecule has 0 bridgehead atoms. The Bertz CT molecular complexity index is 636. The number of carbonyl (C=O) groups excluding carboxylic acids is 1. The van der Waals surface area contributed by atoms with Gasteiger partial charge < -0.3 is 10.6 Å². The molecule has 3 nitrogen and oxygen atoms in total. The molecule has 0 fully saturated rings. The fraction of sp³-hybridized carbons (Fsp3) is 0.235. The first-order valence-electron chi connectivity index (χ1n) is 6.93. The van der Waals surface area contributed by atoms with Crippen molar-refractivity contribution in [2.45, 2.75) is 19.4 Å². The van der Waals surface area contributed by atoms with E-state index in [-0.39, 0.29) is 11.9 Å². The number of hydrogen-bond acceptors (Lipinski definition) is 2. The molecule has 2 aromatic carbocycles. The highest BCUT2D eigenvalue weighted by Crippen LogP contribution is 2.24. The third-order valence-corrected chi connectivity index (χ3v) is 3.66. The Morgan fingerprint density at radius 2 is 2.05 bits per heavy atom. The van der Waals surface area contributed by atoms with Gasteiger partial charge in [-0.3, -0.25) is 4.79 Å². The average Bonchev–Trinajstić information content (AvgIpc) is 2.46. The molecule has 0 aliphatic carbocycles. The third kappa shape index (κ3) is 2.58. The van der Waals surface area contributed by atoms with Gasteiger partial charge in [-0.25, -0.2) is 0 Å². The summed E-state index contributed by atoms with van der Waals surface area (Å²) in [4.78, 5) is 12.5. The van der Waals surface area contributed by atoms with E-state index in [4.69, 9.17) is 0 Å². The van der Waals surface area contributed by atoms with Crippen LogP contribution in [0.25, 0.3) is 0 Å². The summed E-state index contributed by atoms with van der Waals surface area (Å²) in [5.41, 5.74) is 4.33. The van der Waals surface area contributed by atoms with Crippen molar-refractivity contribution < 1.29 is 4.79 Å². The zero-order valence-electron chi connectivity index (χ0n) is 11.5. The van der Waals surface area contributed by atoms with Crippen LogP contribution in [0.1, 0.15) is 22.7 Å². The lowest BCUT2D eigenvalue weighted by Gasteiger charge is -2.26. The zero-order chi connectivity index (χ0) is 13.9. The van der Waals surface area contributed by atoms with Crippen LogP contribution in [0.4, 0.5) is 5.69 Å². The van der Waals surface area contributed by atoms with Crippen LogP contribution >= 0.6 is 0 Å². The highest BCUT2D eigenvalue weighted by atomic mass is 16.2. The quantitative estimate of drug-likeness (QED) is 0.877. The van der Waals surface area contributed by atoms with Crippen molar-refractivity contribution in [2.24, 2.45) is 0 Å². The van der Waals surface area contributed by atoms with Gasteiger partial charge >= 0.3 is 0 Å². The number of fused-ring (bicyclic) bond motifs is 1. The third-order valence-electron chi connectivity index (χ3n) is 3.66. The van der Waals surface area contributed by atoms with Gasteiger partial charge in [-0.15, -0.1) is 0 Å². The number of carbonyl (C=O) groups is 1. The summed E-state index contributed by atoms with van der Waals surface area (Å²) in [7, 11) is 0. The molecule has 3 heteroatoms. The fourth-order valence-electron chi connectivity index (χ4n) is 2.68. The van der Waals surface area contributed by atoms with E-state index >= 15 is 0 Å². The van der Waals surface area contributed by atoms with Gasteiger partial charge in [0.15, 0.2) is 0 Å². The van der Waals surface area contributed by atoms with E-state index in [0.717, 1.165) is 29.8 Å². The molecule has 0 aromatic heterocycles. The van der Waals surface area contributed by atoms with Crippen LogP contribution in [0.5, 0.6) is 0 Å². The number of hydrogen-bond donors (Lipinski definition) is 2. The van der Waals surface area contributed by atoms with Gasteiger partial charge in [0, 0.05) is 12.2 Å². The molecular formula is C17H18N2O. The highest BCUT2D eigenvalue weighted by molar-refractivity contribution is 5.96. The number of aryl methyl sites for hydroxylation is 1. The summed E-state index contributed by atoms with van der Waals surface area (Å²) in [6.07, 6.45) is 0.977. The first kappa shape index (κ1) is 12.9. The van der Waals surface area contributed by atoms with Crippen molar-refractivity contribution in [1.29, 1.82) is 0 Å². The summed E-state index contributed by atoms with van der Waals surface area (Å²) in [5, 5.41) is 6.29. The van der Waals surface area contributed by atoms with Gasteiger partial charge in [-0.05, 0) is 42.2 Å². The SMILES string of the molecule is Cc1cccc(NC(=O)C2NCCc3ccccc32)c1. The fourth-order valence-corrected chi connectivity index (χ4v) is 2.68.